The minimum Gasteiger partial charge on any atom is -0.298 e. The van der Waals surface area contributed by atoms with Gasteiger partial charge in [0.15, 0.2) is 0 Å². The lowest BCUT2D eigenvalue weighted by Crippen LogP contribution is -2.42. The first kappa shape index (κ1) is 15.2. The monoisotopic (exact) mass is 294 g/mol. The Bertz CT molecular complexity index is 594. The molecule has 2 aromatic rings. The number of nitrogens with zero attached hydrogens (tertiary/aromatic N) is 2. The van der Waals surface area contributed by atoms with Gasteiger partial charge in [-0.25, -0.2) is 0 Å². The highest BCUT2D eigenvalue weighted by Crippen LogP contribution is 2.54. The molecule has 1 saturated carbocycles. The zero-order valence-electron chi connectivity index (χ0n) is 13.9. The van der Waals surface area contributed by atoms with Crippen LogP contribution >= 0.6 is 0 Å². The Morgan fingerprint density at radius 3 is 2.41 bits per heavy atom. The van der Waals surface area contributed by atoms with Crippen molar-refractivity contribution in [2.75, 3.05) is 14.1 Å². The second kappa shape index (κ2) is 6.21. The van der Waals surface area contributed by atoms with E-state index < -0.39 is 0 Å². The number of pyridine rings is 1. The average Bonchev–Trinajstić information content (AvgIpc) is 3.33. The van der Waals surface area contributed by atoms with Gasteiger partial charge in [0.1, 0.15) is 0 Å². The van der Waals surface area contributed by atoms with Gasteiger partial charge in [0.2, 0.25) is 0 Å². The van der Waals surface area contributed by atoms with Crippen molar-refractivity contribution in [1.29, 1.82) is 0 Å². The molecule has 1 unspecified atom stereocenters. The van der Waals surface area contributed by atoms with E-state index in [4.69, 9.17) is 0 Å². The van der Waals surface area contributed by atoms with Crippen LogP contribution < -0.4 is 0 Å². The van der Waals surface area contributed by atoms with Gasteiger partial charge >= 0.3 is 0 Å². The van der Waals surface area contributed by atoms with Crippen LogP contribution in [-0.2, 0) is 5.54 Å². The van der Waals surface area contributed by atoms with Crippen molar-refractivity contribution in [2.45, 2.75) is 37.6 Å². The summed E-state index contributed by atoms with van der Waals surface area (Å²) in [6.07, 6.45) is 5.51. The first-order chi connectivity index (χ1) is 10.7. The summed E-state index contributed by atoms with van der Waals surface area (Å²) >= 11 is 0. The number of aromatic nitrogens is 1. The van der Waals surface area contributed by atoms with Crippen LogP contribution in [0.3, 0.4) is 0 Å². The molecule has 0 bridgehead atoms. The molecule has 0 saturated heterocycles. The van der Waals surface area contributed by atoms with Gasteiger partial charge in [0, 0.05) is 6.20 Å². The van der Waals surface area contributed by atoms with Crippen LogP contribution in [0.25, 0.3) is 0 Å². The lowest BCUT2D eigenvalue weighted by molar-refractivity contribution is 0.118. The predicted molar refractivity (Wildman–Crippen MR) is 91.8 cm³/mol. The summed E-state index contributed by atoms with van der Waals surface area (Å²) < 4.78 is 0. The van der Waals surface area contributed by atoms with Crippen LogP contribution in [0.15, 0.2) is 54.7 Å². The molecule has 1 heterocycles. The lowest BCUT2D eigenvalue weighted by atomic mass is 9.83. The molecule has 1 fully saturated rings. The molecule has 0 spiro atoms. The van der Waals surface area contributed by atoms with Crippen molar-refractivity contribution < 1.29 is 0 Å². The third kappa shape index (κ3) is 2.80. The molecule has 1 aliphatic rings. The summed E-state index contributed by atoms with van der Waals surface area (Å²) in [5.41, 5.74) is 2.76. The zero-order chi connectivity index (χ0) is 15.6. The molecule has 116 valence electrons. The Balaban J connectivity index is 1.81. The van der Waals surface area contributed by atoms with Gasteiger partial charge in [-0.2, -0.15) is 0 Å². The fourth-order valence-electron chi connectivity index (χ4n) is 3.81. The van der Waals surface area contributed by atoms with Gasteiger partial charge in [-0.1, -0.05) is 43.3 Å². The van der Waals surface area contributed by atoms with Crippen molar-refractivity contribution in [3.8, 4) is 0 Å². The van der Waals surface area contributed by atoms with Crippen molar-refractivity contribution in [1.82, 2.24) is 9.88 Å². The largest absolute Gasteiger partial charge is 0.298 e. The van der Waals surface area contributed by atoms with Crippen LogP contribution in [0, 0.1) is 5.92 Å². The number of hydrogen-bond donors (Lipinski definition) is 0. The molecule has 2 heteroatoms. The van der Waals surface area contributed by atoms with E-state index in [9.17, 15) is 0 Å². The normalized spacial score (nSPS) is 23.3. The van der Waals surface area contributed by atoms with Gasteiger partial charge in [-0.3, -0.25) is 9.88 Å². The van der Waals surface area contributed by atoms with Gasteiger partial charge in [0.05, 0.1) is 11.2 Å². The van der Waals surface area contributed by atoms with E-state index in [0.717, 1.165) is 18.3 Å². The van der Waals surface area contributed by atoms with Crippen LogP contribution in [0.5, 0.6) is 0 Å². The van der Waals surface area contributed by atoms with Gasteiger partial charge in [-0.05, 0) is 62.9 Å². The third-order valence-electron chi connectivity index (χ3n) is 5.33. The van der Waals surface area contributed by atoms with Crippen LogP contribution in [0.2, 0.25) is 0 Å². The standard InChI is InChI=1S/C20H26N2/c1-4-20(22(2)3,19-12-8-9-13-21-19)15-17-14-18(17)16-10-6-5-7-11-16/h5-13,17-18H,4,14-15H2,1-3H3/t17-,18-,20?/m0/s1. The number of hydrogen-bond acceptors (Lipinski definition) is 2. The maximum Gasteiger partial charge on any atom is 0.0628 e. The molecule has 3 atom stereocenters. The van der Waals surface area contributed by atoms with E-state index in [1.807, 2.05) is 12.3 Å². The van der Waals surface area contributed by atoms with Crippen molar-refractivity contribution in [3.05, 3.63) is 66.0 Å². The van der Waals surface area contributed by atoms with E-state index in [-0.39, 0.29) is 5.54 Å². The van der Waals surface area contributed by atoms with E-state index in [2.05, 4.69) is 73.4 Å². The molecular weight excluding hydrogens is 268 g/mol. The van der Waals surface area contributed by atoms with Crippen LogP contribution in [0.1, 0.15) is 43.4 Å². The molecular formula is C20H26N2. The topological polar surface area (TPSA) is 16.1 Å². The molecule has 1 aliphatic carbocycles. The van der Waals surface area contributed by atoms with Crippen LogP contribution in [0.4, 0.5) is 0 Å². The zero-order valence-corrected chi connectivity index (χ0v) is 13.9. The molecule has 1 aromatic heterocycles. The molecule has 3 rings (SSSR count). The highest BCUT2D eigenvalue weighted by molar-refractivity contribution is 5.27. The van der Waals surface area contributed by atoms with Crippen LogP contribution in [-0.4, -0.2) is 24.0 Å². The summed E-state index contributed by atoms with van der Waals surface area (Å²) in [6.45, 7) is 2.29. The highest BCUT2D eigenvalue weighted by Gasteiger charge is 2.46. The number of benzene rings is 1. The van der Waals surface area contributed by atoms with Crippen molar-refractivity contribution in [3.63, 3.8) is 0 Å². The molecule has 0 N–H and O–H groups in total. The number of rotatable bonds is 6. The first-order valence-corrected chi connectivity index (χ1v) is 8.31. The minimum absolute atomic E-state index is 0.0510. The molecule has 2 nitrogen and oxygen atoms in total. The molecule has 0 amide bonds. The van der Waals surface area contributed by atoms with E-state index >= 15 is 0 Å². The smallest absolute Gasteiger partial charge is 0.0628 e. The Morgan fingerprint density at radius 2 is 1.82 bits per heavy atom. The molecule has 22 heavy (non-hydrogen) atoms. The minimum atomic E-state index is 0.0510. The summed E-state index contributed by atoms with van der Waals surface area (Å²) in [7, 11) is 4.39. The lowest BCUT2D eigenvalue weighted by Gasteiger charge is -2.39. The second-order valence-electron chi connectivity index (χ2n) is 6.71. The fourth-order valence-corrected chi connectivity index (χ4v) is 3.81. The Hall–Kier alpha value is -1.67. The van der Waals surface area contributed by atoms with E-state index in [1.165, 1.54) is 24.1 Å². The van der Waals surface area contributed by atoms with E-state index in [0.29, 0.717) is 0 Å². The Morgan fingerprint density at radius 1 is 1.09 bits per heavy atom. The third-order valence-corrected chi connectivity index (χ3v) is 5.33. The predicted octanol–water partition coefficient (Wildman–Crippen LogP) is 4.44. The molecule has 0 radical (unpaired) electrons. The quantitative estimate of drug-likeness (QED) is 0.783. The Kier molecular flexibility index (Phi) is 4.30. The maximum atomic E-state index is 4.68. The highest BCUT2D eigenvalue weighted by atomic mass is 15.2. The summed E-state index contributed by atoms with van der Waals surface area (Å²) in [5, 5.41) is 0. The SMILES string of the molecule is CCC(C[C@@H]1C[C@H]1c1ccccc1)(c1ccccn1)N(C)C. The van der Waals surface area contributed by atoms with Crippen molar-refractivity contribution in [2.24, 2.45) is 5.92 Å². The van der Waals surface area contributed by atoms with Gasteiger partial charge in [0.25, 0.3) is 0 Å². The Labute approximate surface area is 134 Å². The molecule has 1 aromatic carbocycles. The second-order valence-corrected chi connectivity index (χ2v) is 6.71. The summed E-state index contributed by atoms with van der Waals surface area (Å²) in [5.74, 6) is 1.50. The van der Waals surface area contributed by atoms with Crippen molar-refractivity contribution >= 4 is 0 Å². The fraction of sp³-hybridized carbons (Fsp3) is 0.450. The first-order valence-electron chi connectivity index (χ1n) is 8.31. The van der Waals surface area contributed by atoms with Gasteiger partial charge in [-0.15, -0.1) is 0 Å². The summed E-state index contributed by atoms with van der Waals surface area (Å²) in [6, 6.07) is 17.3. The van der Waals surface area contributed by atoms with Gasteiger partial charge < -0.3 is 0 Å². The average molecular weight is 294 g/mol. The molecule has 0 aliphatic heterocycles. The maximum absolute atomic E-state index is 4.68. The summed E-state index contributed by atoms with van der Waals surface area (Å²) in [4.78, 5) is 7.05. The van der Waals surface area contributed by atoms with E-state index in [1.54, 1.807) is 0 Å².